The first-order valence-corrected chi connectivity index (χ1v) is 6.42. The summed E-state index contributed by atoms with van der Waals surface area (Å²) in [7, 11) is 0. The predicted molar refractivity (Wildman–Crippen MR) is 69.5 cm³/mol. The van der Waals surface area contributed by atoms with Crippen molar-refractivity contribution in [2.45, 2.75) is 31.4 Å². The highest BCUT2D eigenvalue weighted by Crippen LogP contribution is 2.25. The number of phenols is 1. The van der Waals surface area contributed by atoms with Crippen LogP contribution in [0.1, 0.15) is 31.4 Å². The molecule has 1 saturated heterocycles. The number of hydrogen-bond acceptors (Lipinski definition) is 4. The minimum atomic E-state index is -0.684. The van der Waals surface area contributed by atoms with E-state index >= 15 is 0 Å². The van der Waals surface area contributed by atoms with Gasteiger partial charge in [0.05, 0.1) is 5.60 Å². The Morgan fingerprint density at radius 2 is 2.00 bits per heavy atom. The second-order valence-electron chi connectivity index (χ2n) is 5.00. The van der Waals surface area contributed by atoms with Gasteiger partial charge in [-0.2, -0.15) is 0 Å². The summed E-state index contributed by atoms with van der Waals surface area (Å²) in [5.41, 5.74) is 0.171. The second-order valence-corrected chi connectivity index (χ2v) is 5.00. The van der Waals surface area contributed by atoms with Gasteiger partial charge in [-0.05, 0) is 13.0 Å². The molecule has 4 heteroatoms. The van der Waals surface area contributed by atoms with Crippen LogP contribution in [-0.4, -0.2) is 35.6 Å². The monoisotopic (exact) mass is 251 g/mol. The van der Waals surface area contributed by atoms with Crippen molar-refractivity contribution in [1.29, 1.82) is 0 Å². The first-order valence-electron chi connectivity index (χ1n) is 6.42. The van der Waals surface area contributed by atoms with Crippen molar-refractivity contribution in [3.63, 3.8) is 0 Å². The summed E-state index contributed by atoms with van der Waals surface area (Å²) in [5.74, 6) is 0.288. The van der Waals surface area contributed by atoms with E-state index in [0.29, 0.717) is 32.6 Å². The fourth-order valence-corrected chi connectivity index (χ4v) is 2.23. The zero-order valence-corrected chi connectivity index (χ0v) is 10.7. The van der Waals surface area contributed by atoms with Gasteiger partial charge in [0.25, 0.3) is 0 Å². The number of benzene rings is 1. The molecule has 1 aliphatic heterocycles. The Morgan fingerprint density at radius 1 is 1.33 bits per heavy atom. The Labute approximate surface area is 108 Å². The van der Waals surface area contributed by atoms with Crippen LogP contribution in [0, 0.1) is 0 Å². The zero-order valence-electron chi connectivity index (χ0n) is 10.7. The van der Waals surface area contributed by atoms with Crippen molar-refractivity contribution < 1.29 is 14.9 Å². The average molecular weight is 251 g/mol. The molecular weight excluding hydrogens is 230 g/mol. The molecule has 0 aliphatic carbocycles. The molecule has 0 radical (unpaired) electrons. The quantitative estimate of drug-likeness (QED) is 0.760. The molecule has 100 valence electrons. The summed E-state index contributed by atoms with van der Waals surface area (Å²) in [6.07, 6.45) is 1.32. The van der Waals surface area contributed by atoms with E-state index in [1.54, 1.807) is 12.1 Å². The molecule has 1 heterocycles. The van der Waals surface area contributed by atoms with Crippen LogP contribution >= 0.6 is 0 Å². The topological polar surface area (TPSA) is 61.7 Å². The van der Waals surface area contributed by atoms with E-state index in [9.17, 15) is 10.2 Å². The van der Waals surface area contributed by atoms with Crippen LogP contribution in [0.25, 0.3) is 0 Å². The molecule has 0 aromatic heterocycles. The fraction of sp³-hybridized carbons (Fsp3) is 0.571. The lowest BCUT2D eigenvalue weighted by Crippen LogP contribution is -2.45. The number of nitrogens with one attached hydrogen (secondary N) is 1. The summed E-state index contributed by atoms with van der Waals surface area (Å²) >= 11 is 0. The molecule has 1 aromatic rings. The maximum Gasteiger partial charge on any atom is 0.120 e. The maximum atomic E-state index is 10.3. The van der Waals surface area contributed by atoms with Crippen molar-refractivity contribution >= 4 is 0 Å². The molecule has 4 nitrogen and oxygen atoms in total. The lowest BCUT2D eigenvalue weighted by atomic mass is 9.94. The van der Waals surface area contributed by atoms with Gasteiger partial charge in [-0.1, -0.05) is 18.2 Å². The largest absolute Gasteiger partial charge is 0.508 e. The van der Waals surface area contributed by atoms with Crippen LogP contribution in [0.4, 0.5) is 0 Å². The molecule has 1 unspecified atom stereocenters. The Bertz CT molecular complexity index is 388. The third kappa shape index (κ3) is 3.22. The minimum absolute atomic E-state index is 0.0121. The average Bonchev–Trinajstić information content (AvgIpc) is 2.38. The Kier molecular flexibility index (Phi) is 4.22. The first-order chi connectivity index (χ1) is 8.61. The molecule has 1 atom stereocenters. The Hall–Kier alpha value is -1.10. The molecule has 1 aliphatic rings. The minimum Gasteiger partial charge on any atom is -0.508 e. The third-order valence-corrected chi connectivity index (χ3v) is 3.56. The van der Waals surface area contributed by atoms with Gasteiger partial charge in [0.2, 0.25) is 0 Å². The van der Waals surface area contributed by atoms with E-state index < -0.39 is 5.60 Å². The van der Waals surface area contributed by atoms with Gasteiger partial charge in [-0.25, -0.2) is 0 Å². The number of hydrogen-bond donors (Lipinski definition) is 3. The van der Waals surface area contributed by atoms with Crippen LogP contribution in [0.5, 0.6) is 5.75 Å². The van der Waals surface area contributed by atoms with Crippen molar-refractivity contribution in [3.8, 4) is 5.75 Å². The SMILES string of the molecule is CC(NCC1(O)CCOCC1)c1ccccc1O. The summed E-state index contributed by atoms with van der Waals surface area (Å²) < 4.78 is 5.25. The highest BCUT2D eigenvalue weighted by molar-refractivity contribution is 5.34. The van der Waals surface area contributed by atoms with E-state index in [4.69, 9.17) is 4.74 Å². The molecule has 2 rings (SSSR count). The van der Waals surface area contributed by atoms with Crippen LogP contribution < -0.4 is 5.32 Å². The van der Waals surface area contributed by atoms with Crippen LogP contribution in [0.2, 0.25) is 0 Å². The fourth-order valence-electron chi connectivity index (χ4n) is 2.23. The van der Waals surface area contributed by atoms with Gasteiger partial charge in [-0.3, -0.25) is 0 Å². The summed E-state index contributed by atoms with van der Waals surface area (Å²) in [5, 5.41) is 23.4. The van der Waals surface area contributed by atoms with Crippen molar-refractivity contribution in [2.75, 3.05) is 19.8 Å². The first kappa shape index (κ1) is 13.3. The zero-order chi connectivity index (χ0) is 13.0. The maximum absolute atomic E-state index is 10.3. The van der Waals surface area contributed by atoms with Crippen molar-refractivity contribution in [2.24, 2.45) is 0 Å². The van der Waals surface area contributed by atoms with E-state index in [-0.39, 0.29) is 11.8 Å². The predicted octanol–water partition coefficient (Wildman–Crippen LogP) is 1.58. The Balaban J connectivity index is 1.92. The summed E-state index contributed by atoms with van der Waals surface area (Å²) in [6.45, 7) is 3.73. The molecule has 1 aromatic carbocycles. The smallest absolute Gasteiger partial charge is 0.120 e. The van der Waals surface area contributed by atoms with Gasteiger partial charge in [0.15, 0.2) is 0 Å². The van der Waals surface area contributed by atoms with Crippen LogP contribution in [0.3, 0.4) is 0 Å². The number of rotatable bonds is 4. The number of aromatic hydroxyl groups is 1. The van der Waals surface area contributed by atoms with E-state index in [2.05, 4.69) is 5.32 Å². The highest BCUT2D eigenvalue weighted by atomic mass is 16.5. The van der Waals surface area contributed by atoms with E-state index in [1.807, 2.05) is 19.1 Å². The molecule has 0 amide bonds. The number of para-hydroxylation sites is 1. The normalized spacial score (nSPS) is 20.6. The third-order valence-electron chi connectivity index (χ3n) is 3.56. The summed E-state index contributed by atoms with van der Waals surface area (Å²) in [4.78, 5) is 0. The van der Waals surface area contributed by atoms with E-state index in [0.717, 1.165) is 5.56 Å². The molecule has 1 fully saturated rings. The van der Waals surface area contributed by atoms with Crippen molar-refractivity contribution in [3.05, 3.63) is 29.8 Å². The molecule has 0 bridgehead atoms. The Morgan fingerprint density at radius 3 is 2.67 bits per heavy atom. The van der Waals surface area contributed by atoms with Crippen molar-refractivity contribution in [1.82, 2.24) is 5.32 Å². The molecule has 18 heavy (non-hydrogen) atoms. The molecule has 3 N–H and O–H groups in total. The van der Waals surface area contributed by atoms with Crippen LogP contribution in [-0.2, 0) is 4.74 Å². The second kappa shape index (κ2) is 5.69. The number of ether oxygens (including phenoxy) is 1. The van der Waals surface area contributed by atoms with Crippen LogP contribution in [0.15, 0.2) is 24.3 Å². The molecule has 0 saturated carbocycles. The standard InChI is InChI=1S/C14H21NO3/c1-11(12-4-2-3-5-13(12)16)15-10-14(17)6-8-18-9-7-14/h2-5,11,15-17H,6-10H2,1H3. The van der Waals surface area contributed by atoms with E-state index in [1.165, 1.54) is 0 Å². The highest BCUT2D eigenvalue weighted by Gasteiger charge is 2.30. The molecular formula is C14H21NO3. The number of phenolic OH excluding ortho intramolecular Hbond substituents is 1. The lowest BCUT2D eigenvalue weighted by Gasteiger charge is -2.33. The van der Waals surface area contributed by atoms with Gasteiger partial charge < -0.3 is 20.3 Å². The van der Waals surface area contributed by atoms with Gasteiger partial charge in [0.1, 0.15) is 5.75 Å². The lowest BCUT2D eigenvalue weighted by molar-refractivity contribution is -0.0626. The van der Waals surface area contributed by atoms with Gasteiger partial charge in [0, 0.05) is 44.2 Å². The molecule has 0 spiro atoms. The summed E-state index contributed by atoms with van der Waals surface area (Å²) in [6, 6.07) is 7.28. The van der Waals surface area contributed by atoms with Gasteiger partial charge >= 0.3 is 0 Å². The van der Waals surface area contributed by atoms with Gasteiger partial charge in [-0.15, -0.1) is 0 Å². The number of aliphatic hydroxyl groups is 1.